The van der Waals surface area contributed by atoms with E-state index in [0.29, 0.717) is 19.6 Å². The van der Waals surface area contributed by atoms with Crippen molar-refractivity contribution < 1.29 is 9.59 Å². The van der Waals surface area contributed by atoms with Crippen LogP contribution in [0.1, 0.15) is 41.8 Å². The lowest BCUT2D eigenvalue weighted by molar-refractivity contribution is -0.119. The van der Waals surface area contributed by atoms with E-state index in [1.165, 1.54) is 30.3 Å². The second kappa shape index (κ2) is 7.29. The zero-order valence-electron chi connectivity index (χ0n) is 13.6. The predicted octanol–water partition coefficient (Wildman–Crippen LogP) is 1.48. The van der Waals surface area contributed by atoms with Gasteiger partial charge in [0.2, 0.25) is 5.91 Å². The lowest BCUT2D eigenvalue weighted by Crippen LogP contribution is -2.42. The third-order valence-electron chi connectivity index (χ3n) is 4.39. The Morgan fingerprint density at radius 1 is 1.35 bits per heavy atom. The Morgan fingerprint density at radius 2 is 2.17 bits per heavy atom. The van der Waals surface area contributed by atoms with Crippen molar-refractivity contribution in [3.63, 3.8) is 0 Å². The van der Waals surface area contributed by atoms with Crippen LogP contribution in [0.5, 0.6) is 0 Å². The van der Waals surface area contributed by atoms with Gasteiger partial charge in [-0.1, -0.05) is 0 Å². The van der Waals surface area contributed by atoms with E-state index in [2.05, 4.69) is 10.6 Å². The normalized spacial score (nSPS) is 20.2. The molecule has 0 spiro atoms. The fraction of sp³-hybridized carbons (Fsp3) is 0.688. The number of fused-ring (bicyclic) bond motifs is 1. The third kappa shape index (κ3) is 4.22. The van der Waals surface area contributed by atoms with E-state index in [-0.39, 0.29) is 18.0 Å². The predicted molar refractivity (Wildman–Crippen MR) is 89.7 cm³/mol. The number of carbonyl (C=O) groups excluding carboxylic acids is 2. The van der Waals surface area contributed by atoms with E-state index < -0.39 is 0 Å². The smallest absolute Gasteiger partial charge is 0.317 e. The SMILES string of the molecule is CC(=O)NC1CCN(C(=O)NCCc2nc3c(s2)CCCC3)C1. The van der Waals surface area contributed by atoms with Gasteiger partial charge in [0.25, 0.3) is 0 Å². The van der Waals surface area contributed by atoms with Gasteiger partial charge < -0.3 is 15.5 Å². The molecule has 1 atom stereocenters. The van der Waals surface area contributed by atoms with Gasteiger partial charge in [-0.05, 0) is 32.1 Å². The molecule has 0 saturated carbocycles. The van der Waals surface area contributed by atoms with Gasteiger partial charge >= 0.3 is 6.03 Å². The number of aromatic nitrogens is 1. The minimum Gasteiger partial charge on any atom is -0.352 e. The second-order valence-corrected chi connectivity index (χ2v) is 7.47. The summed E-state index contributed by atoms with van der Waals surface area (Å²) >= 11 is 1.80. The zero-order chi connectivity index (χ0) is 16.2. The van der Waals surface area contributed by atoms with Crippen LogP contribution in [0.2, 0.25) is 0 Å². The molecule has 1 aromatic heterocycles. The number of rotatable bonds is 4. The Labute approximate surface area is 140 Å². The molecule has 1 aromatic rings. The maximum atomic E-state index is 12.1. The maximum Gasteiger partial charge on any atom is 0.317 e. The van der Waals surface area contributed by atoms with Crippen LogP contribution in [-0.2, 0) is 24.1 Å². The molecule has 3 amide bonds. The summed E-state index contributed by atoms with van der Waals surface area (Å²) in [6, 6.07) is 0.0445. The molecule has 1 fully saturated rings. The molecule has 3 rings (SSSR count). The van der Waals surface area contributed by atoms with Crippen molar-refractivity contribution >= 4 is 23.3 Å². The summed E-state index contributed by atoms with van der Waals surface area (Å²) in [5, 5.41) is 6.97. The van der Waals surface area contributed by atoms with Crippen molar-refractivity contribution in [3.05, 3.63) is 15.6 Å². The largest absolute Gasteiger partial charge is 0.352 e. The first-order chi connectivity index (χ1) is 11.1. The summed E-state index contributed by atoms with van der Waals surface area (Å²) in [6.45, 7) is 3.42. The molecule has 2 heterocycles. The average Bonchev–Trinajstić information content (AvgIpc) is 3.12. The van der Waals surface area contributed by atoms with E-state index in [0.717, 1.165) is 30.7 Å². The zero-order valence-corrected chi connectivity index (χ0v) is 14.4. The first-order valence-corrected chi connectivity index (χ1v) is 9.21. The number of thiazole rings is 1. The van der Waals surface area contributed by atoms with Gasteiger partial charge in [0.05, 0.1) is 10.7 Å². The number of nitrogens with one attached hydrogen (secondary N) is 2. The van der Waals surface area contributed by atoms with E-state index in [4.69, 9.17) is 4.98 Å². The fourth-order valence-corrected chi connectivity index (χ4v) is 4.41. The minimum absolute atomic E-state index is 0.0370. The highest BCUT2D eigenvalue weighted by Gasteiger charge is 2.26. The molecule has 23 heavy (non-hydrogen) atoms. The summed E-state index contributed by atoms with van der Waals surface area (Å²) in [5.74, 6) is -0.0370. The fourth-order valence-electron chi connectivity index (χ4n) is 3.25. The van der Waals surface area contributed by atoms with Crippen molar-refractivity contribution in [2.75, 3.05) is 19.6 Å². The maximum absolute atomic E-state index is 12.1. The summed E-state index contributed by atoms with van der Waals surface area (Å²) in [6.07, 6.45) is 6.42. The van der Waals surface area contributed by atoms with Crippen LogP contribution in [-0.4, -0.2) is 47.5 Å². The molecule has 126 valence electrons. The van der Waals surface area contributed by atoms with Gasteiger partial charge in [0.15, 0.2) is 0 Å². The van der Waals surface area contributed by atoms with Gasteiger partial charge in [0.1, 0.15) is 0 Å². The van der Waals surface area contributed by atoms with Crippen molar-refractivity contribution in [2.24, 2.45) is 0 Å². The van der Waals surface area contributed by atoms with Gasteiger partial charge in [-0.25, -0.2) is 9.78 Å². The molecule has 0 aromatic carbocycles. The van der Waals surface area contributed by atoms with Crippen LogP contribution < -0.4 is 10.6 Å². The number of hydrogen-bond acceptors (Lipinski definition) is 4. The molecule has 1 aliphatic heterocycles. The van der Waals surface area contributed by atoms with Crippen LogP contribution in [0.25, 0.3) is 0 Å². The van der Waals surface area contributed by atoms with E-state index in [9.17, 15) is 9.59 Å². The third-order valence-corrected chi connectivity index (χ3v) is 5.61. The Bertz CT molecular complexity index is 563. The van der Waals surface area contributed by atoms with E-state index >= 15 is 0 Å². The topological polar surface area (TPSA) is 74.3 Å². The molecule has 7 heteroatoms. The molecule has 0 bridgehead atoms. The lowest BCUT2D eigenvalue weighted by Gasteiger charge is -2.17. The van der Waals surface area contributed by atoms with Gasteiger partial charge in [-0.15, -0.1) is 11.3 Å². The lowest BCUT2D eigenvalue weighted by atomic mass is 10.0. The summed E-state index contributed by atoms with van der Waals surface area (Å²) in [7, 11) is 0. The highest BCUT2D eigenvalue weighted by molar-refractivity contribution is 7.11. The molecule has 0 radical (unpaired) electrons. The minimum atomic E-state index is -0.0424. The standard InChI is InChI=1S/C16H24N4O2S/c1-11(21)18-12-7-9-20(10-12)16(22)17-8-6-15-19-13-4-2-3-5-14(13)23-15/h12H,2-10H2,1H3,(H,17,22)(H,18,21). The van der Waals surface area contributed by atoms with E-state index in [1.807, 2.05) is 0 Å². The molecule has 1 unspecified atom stereocenters. The molecular weight excluding hydrogens is 312 g/mol. The average molecular weight is 336 g/mol. The van der Waals surface area contributed by atoms with Crippen molar-refractivity contribution in [3.8, 4) is 0 Å². The highest BCUT2D eigenvalue weighted by atomic mass is 32.1. The summed E-state index contributed by atoms with van der Waals surface area (Å²) in [4.78, 5) is 31.1. The summed E-state index contributed by atoms with van der Waals surface area (Å²) < 4.78 is 0. The quantitative estimate of drug-likeness (QED) is 0.875. The van der Waals surface area contributed by atoms with Crippen LogP contribution >= 0.6 is 11.3 Å². The Hall–Kier alpha value is -1.63. The van der Waals surface area contributed by atoms with Gasteiger partial charge in [-0.2, -0.15) is 0 Å². The molecule has 2 aliphatic rings. The van der Waals surface area contributed by atoms with Crippen molar-refractivity contribution in [2.45, 2.75) is 51.5 Å². The summed E-state index contributed by atoms with van der Waals surface area (Å²) in [5.41, 5.74) is 1.28. The van der Waals surface area contributed by atoms with Crippen LogP contribution in [0.3, 0.4) is 0 Å². The number of likely N-dealkylation sites (tertiary alicyclic amines) is 1. The van der Waals surface area contributed by atoms with Crippen molar-refractivity contribution in [1.82, 2.24) is 20.5 Å². The highest BCUT2D eigenvalue weighted by Crippen LogP contribution is 2.26. The molecule has 6 nitrogen and oxygen atoms in total. The second-order valence-electron chi connectivity index (χ2n) is 6.30. The van der Waals surface area contributed by atoms with E-state index in [1.54, 1.807) is 16.2 Å². The monoisotopic (exact) mass is 336 g/mol. The number of urea groups is 1. The van der Waals surface area contributed by atoms with Gasteiger partial charge in [-0.3, -0.25) is 4.79 Å². The number of amides is 3. The molecular formula is C16H24N4O2S. The van der Waals surface area contributed by atoms with Crippen LogP contribution in [0, 0.1) is 0 Å². The first-order valence-electron chi connectivity index (χ1n) is 8.39. The number of aryl methyl sites for hydroxylation is 2. The Balaban J connectivity index is 1.41. The molecule has 1 saturated heterocycles. The number of hydrogen-bond donors (Lipinski definition) is 2. The first kappa shape index (κ1) is 16.2. The number of nitrogens with zero attached hydrogens (tertiary/aromatic N) is 2. The Kier molecular flexibility index (Phi) is 5.15. The molecule has 2 N–H and O–H groups in total. The van der Waals surface area contributed by atoms with Crippen LogP contribution in [0.4, 0.5) is 4.79 Å². The van der Waals surface area contributed by atoms with Gasteiger partial charge in [0, 0.05) is 43.9 Å². The number of carbonyl (C=O) groups is 2. The van der Waals surface area contributed by atoms with Crippen LogP contribution in [0.15, 0.2) is 0 Å². The molecule has 1 aliphatic carbocycles. The Morgan fingerprint density at radius 3 is 2.96 bits per heavy atom. The van der Waals surface area contributed by atoms with Crippen molar-refractivity contribution in [1.29, 1.82) is 0 Å².